The molecule has 0 radical (unpaired) electrons. The Bertz CT molecular complexity index is 2170. The Balaban J connectivity index is 0.00000117. The number of unbranched alkanes of at least 4 members (excludes halogenated alkanes) is 1. The molecule has 1 N–H and O–H groups in total. The molecule has 0 unspecified atom stereocenters. The van der Waals surface area contributed by atoms with Crippen LogP contribution in [0, 0.1) is 11.6 Å². The van der Waals surface area contributed by atoms with E-state index in [9.17, 15) is 35.9 Å². The summed E-state index contributed by atoms with van der Waals surface area (Å²) in [6, 6.07) is 12.0. The van der Waals surface area contributed by atoms with E-state index in [2.05, 4.69) is 4.98 Å². The Morgan fingerprint density at radius 3 is 2.14 bits per heavy atom. The lowest BCUT2D eigenvalue weighted by Gasteiger charge is -2.28. The maximum Gasteiger partial charge on any atom is 0.430 e. The highest BCUT2D eigenvalue weighted by Gasteiger charge is 2.34. The number of ether oxygens (including phenoxy) is 1. The molecule has 4 aromatic rings. The molecule has 1 aromatic heterocycles. The second kappa shape index (κ2) is 19.4. The fourth-order valence-corrected chi connectivity index (χ4v) is 8.66. The molecule has 0 aliphatic heterocycles. The first-order valence-corrected chi connectivity index (χ1v) is 20.5. The number of carboxylic acid groups (broad SMARTS) is 2. The molecule has 1 heterocycles. The molecule has 0 saturated carbocycles. The van der Waals surface area contributed by atoms with E-state index in [0.717, 1.165) is 46.0 Å². The Morgan fingerprint density at radius 1 is 1.02 bits per heavy atom. The van der Waals surface area contributed by atoms with Gasteiger partial charge >= 0.3 is 12.1 Å². The number of methoxy groups -OCH3 is 1. The Hall–Kier alpha value is -3.94. The van der Waals surface area contributed by atoms with Crippen molar-refractivity contribution in [2.24, 2.45) is 0 Å². The van der Waals surface area contributed by atoms with Crippen LogP contribution in [0.15, 0.2) is 70.8 Å². The highest BCUT2D eigenvalue weighted by atomic mass is 35.5. The summed E-state index contributed by atoms with van der Waals surface area (Å²) in [6.45, 7) is 4.78. The zero-order chi connectivity index (χ0) is 44.0. The van der Waals surface area contributed by atoms with E-state index in [1.54, 1.807) is 24.4 Å². The molecule has 318 valence electrons. The number of rotatable bonds is 16. The Kier molecular flexibility index (Phi) is 16.2. The normalized spacial score (nSPS) is 12.9. The zero-order valence-corrected chi connectivity index (χ0v) is 35.7. The molecule has 0 amide bonds. The van der Waals surface area contributed by atoms with Crippen molar-refractivity contribution < 1.29 is 59.4 Å². The number of benzene rings is 3. The average molecular weight is 898 g/mol. The van der Waals surface area contributed by atoms with Crippen LogP contribution < -0.4 is 9.84 Å². The van der Waals surface area contributed by atoms with E-state index in [4.69, 9.17) is 37.8 Å². The summed E-state index contributed by atoms with van der Waals surface area (Å²) < 4.78 is 97.1. The number of carbonyl (C=O) groups is 2. The number of aliphatic carboxylic acids is 2. The van der Waals surface area contributed by atoms with Crippen molar-refractivity contribution in [3.05, 3.63) is 99.3 Å². The van der Waals surface area contributed by atoms with Gasteiger partial charge in [0.05, 0.1) is 56.6 Å². The van der Waals surface area contributed by atoms with Crippen LogP contribution in [0.25, 0.3) is 5.69 Å². The number of quaternary nitrogens is 1. The van der Waals surface area contributed by atoms with Crippen molar-refractivity contribution in [3.8, 4) is 11.4 Å². The number of carboxylic acids is 2. The number of thioether (sulfide) groups is 1. The third-order valence-corrected chi connectivity index (χ3v) is 12.4. The predicted molar refractivity (Wildman–Crippen MR) is 209 cm³/mol. The van der Waals surface area contributed by atoms with Crippen LogP contribution in [0.3, 0.4) is 0 Å². The maximum absolute atomic E-state index is 15.7. The lowest BCUT2D eigenvalue weighted by molar-refractivity contribution is -0.870. The maximum atomic E-state index is 15.7. The molecule has 4 rings (SSSR count). The number of sulfonamides is 1. The molecule has 0 saturated heterocycles. The summed E-state index contributed by atoms with van der Waals surface area (Å²) in [5, 5.41) is 19.4. The number of alkyl halides is 3. The first-order chi connectivity index (χ1) is 26.7. The van der Waals surface area contributed by atoms with Crippen molar-refractivity contribution in [1.82, 2.24) is 13.9 Å². The summed E-state index contributed by atoms with van der Waals surface area (Å²) in [5.74, 6) is -5.11. The number of carbonyl (C=O) groups excluding carboxylic acids is 1. The quantitative estimate of drug-likeness (QED) is 0.0530. The summed E-state index contributed by atoms with van der Waals surface area (Å²) in [7, 11) is 4.34. The molecular weight excluding hydrogens is 854 g/mol. The van der Waals surface area contributed by atoms with Crippen molar-refractivity contribution in [1.29, 1.82) is 0 Å². The van der Waals surface area contributed by atoms with E-state index in [0.29, 0.717) is 38.9 Å². The number of likely N-dealkylation sites (N-methyl/N-ethyl adjacent to an activating group) is 1. The summed E-state index contributed by atoms with van der Waals surface area (Å²) in [5.41, 5.74) is 1.59. The fraction of sp³-hybridized carbons (Fsp3) is 0.395. The van der Waals surface area contributed by atoms with E-state index in [1.807, 2.05) is 51.7 Å². The number of hydrogen-bond donors (Lipinski definition) is 1. The molecule has 0 aliphatic rings. The lowest BCUT2D eigenvalue weighted by Crippen LogP contribution is -2.42. The van der Waals surface area contributed by atoms with Gasteiger partial charge in [0, 0.05) is 34.5 Å². The van der Waals surface area contributed by atoms with E-state index in [1.165, 1.54) is 26.3 Å². The number of aromatic nitrogens is 2. The molecule has 58 heavy (non-hydrogen) atoms. The molecule has 1 atom stereocenters. The first-order valence-electron chi connectivity index (χ1n) is 17.3. The number of halogens is 7. The van der Waals surface area contributed by atoms with E-state index in [-0.39, 0.29) is 22.8 Å². The van der Waals surface area contributed by atoms with Gasteiger partial charge < -0.3 is 24.2 Å². The third kappa shape index (κ3) is 12.3. The van der Waals surface area contributed by atoms with Crippen LogP contribution in [0.2, 0.25) is 10.0 Å². The van der Waals surface area contributed by atoms with Gasteiger partial charge in [-0.3, -0.25) is 9.36 Å². The van der Waals surface area contributed by atoms with Crippen LogP contribution in [-0.2, 0) is 30.8 Å². The summed E-state index contributed by atoms with van der Waals surface area (Å²) in [4.78, 5) is 25.1. The molecule has 0 aliphatic carbocycles. The van der Waals surface area contributed by atoms with Crippen LogP contribution in [0.4, 0.5) is 22.0 Å². The Morgan fingerprint density at radius 2 is 1.62 bits per heavy atom. The van der Waals surface area contributed by atoms with Gasteiger partial charge in [-0.15, -0.1) is 0 Å². The average Bonchev–Trinajstić information content (AvgIpc) is 3.55. The summed E-state index contributed by atoms with van der Waals surface area (Å²) >= 11 is 14.0. The van der Waals surface area contributed by atoms with Crippen LogP contribution in [0.1, 0.15) is 49.9 Å². The molecule has 0 bridgehead atoms. The third-order valence-electron chi connectivity index (χ3n) is 8.98. The minimum Gasteiger partial charge on any atom is -0.542 e. The van der Waals surface area contributed by atoms with E-state index >= 15 is 4.39 Å². The van der Waals surface area contributed by atoms with Gasteiger partial charge in [-0.05, 0) is 73.4 Å². The topological polar surface area (TPSA) is 142 Å². The van der Waals surface area contributed by atoms with Crippen molar-refractivity contribution in [2.75, 3.05) is 41.8 Å². The number of nitrogens with zero attached hydrogens (tertiary/aromatic N) is 4. The van der Waals surface area contributed by atoms with Gasteiger partial charge in [-0.1, -0.05) is 54.9 Å². The minimum absolute atomic E-state index is 0.0300. The van der Waals surface area contributed by atoms with Gasteiger partial charge in [0.25, 0.3) is 0 Å². The van der Waals surface area contributed by atoms with Crippen molar-refractivity contribution in [2.45, 2.75) is 66.5 Å². The predicted octanol–water partition coefficient (Wildman–Crippen LogP) is 7.33. The largest absolute Gasteiger partial charge is 0.542 e. The molecular formula is C38H43Cl2F5N4O7S2. The standard InChI is InChI=1S/C36H42Cl2F2N4O5S2.C2HF3O2/c1-36(2,23-11-16-28(37)32(18-23)49-7)33-21-41-35(43(33)25-14-12-24(39)13-15-25)50-22-27-29(38)19-26(20-30(27)40)51(47,48)42(3)31(34(45)46)10-8-9-17-44(4,5)6;3-2(4,5)1(6)7/h11-16,18-21,31H,8-10,17,22H2,1-7H3;(H,6,7)/t31-;/m1./s1. The Labute approximate surface area is 348 Å². The monoisotopic (exact) mass is 896 g/mol. The first kappa shape index (κ1) is 48.4. The molecule has 0 fully saturated rings. The van der Waals surface area contributed by atoms with Gasteiger partial charge in [0.1, 0.15) is 29.4 Å². The van der Waals surface area contributed by atoms with Gasteiger partial charge in [0.2, 0.25) is 10.0 Å². The second-order valence-electron chi connectivity index (χ2n) is 14.5. The van der Waals surface area contributed by atoms with Gasteiger partial charge in [0.15, 0.2) is 5.16 Å². The second-order valence-corrected chi connectivity index (χ2v) is 18.3. The van der Waals surface area contributed by atoms with Crippen LogP contribution in [0.5, 0.6) is 5.75 Å². The smallest absolute Gasteiger partial charge is 0.430 e. The van der Waals surface area contributed by atoms with E-state index < -0.39 is 56.1 Å². The molecule has 3 aromatic carbocycles. The number of hydrogen-bond acceptors (Lipinski definition) is 8. The summed E-state index contributed by atoms with van der Waals surface area (Å²) in [6.07, 6.45) is -2.20. The van der Waals surface area contributed by atoms with Crippen LogP contribution in [-0.4, -0.2) is 97.9 Å². The molecule has 0 spiro atoms. The van der Waals surface area contributed by atoms with Crippen molar-refractivity contribution in [3.63, 3.8) is 0 Å². The molecule has 11 nitrogen and oxygen atoms in total. The van der Waals surface area contributed by atoms with Crippen LogP contribution >= 0.6 is 35.0 Å². The highest BCUT2D eigenvalue weighted by molar-refractivity contribution is 7.98. The van der Waals surface area contributed by atoms with Gasteiger partial charge in [-0.25, -0.2) is 22.2 Å². The lowest BCUT2D eigenvalue weighted by atomic mass is 9.81. The SMILES string of the molecule is COc1cc(C(C)(C)c2cnc(SCc3c(F)cc(S(=O)(=O)N(C)[C@H](CCCC[N+](C)(C)C)C(=O)O)cc3Cl)n2-c2ccc(F)cc2)ccc1Cl.O=C([O-])C(F)(F)F. The minimum atomic E-state index is -5.19. The number of imidazole rings is 1. The highest BCUT2D eigenvalue weighted by Crippen LogP contribution is 2.40. The fourth-order valence-electron chi connectivity index (χ4n) is 5.64. The van der Waals surface area contributed by atoms with Crippen molar-refractivity contribution >= 4 is 56.9 Å². The molecule has 20 heteroatoms. The zero-order valence-electron chi connectivity index (χ0n) is 32.5. The van der Waals surface area contributed by atoms with Gasteiger partial charge in [-0.2, -0.15) is 17.5 Å².